The molecule has 4 heteroatoms. The van der Waals surface area contributed by atoms with E-state index < -0.39 is 5.82 Å². The molecule has 0 saturated heterocycles. The van der Waals surface area contributed by atoms with Crippen LogP contribution in [0.3, 0.4) is 0 Å². The maximum absolute atomic E-state index is 13.5. The summed E-state index contributed by atoms with van der Waals surface area (Å²) in [5.74, 6) is 0.322. The SMILES string of the molecule is COc1ccc(C)cc1C(Br)c1cccc(F)c1Cl. The maximum Gasteiger partial charge on any atom is 0.142 e. The molecule has 1 nitrogen and oxygen atoms in total. The van der Waals surface area contributed by atoms with Crippen LogP contribution in [0.25, 0.3) is 0 Å². The van der Waals surface area contributed by atoms with Crippen molar-refractivity contribution in [3.63, 3.8) is 0 Å². The number of aryl methyl sites for hydroxylation is 1. The third kappa shape index (κ3) is 2.93. The van der Waals surface area contributed by atoms with Crippen LogP contribution in [0.1, 0.15) is 21.5 Å². The summed E-state index contributed by atoms with van der Waals surface area (Å²) in [5, 5.41) is 0.132. The highest BCUT2D eigenvalue weighted by atomic mass is 79.9. The zero-order valence-electron chi connectivity index (χ0n) is 10.6. The lowest BCUT2D eigenvalue weighted by Crippen LogP contribution is -1.99. The minimum Gasteiger partial charge on any atom is -0.496 e. The van der Waals surface area contributed by atoms with E-state index in [9.17, 15) is 4.39 Å². The van der Waals surface area contributed by atoms with E-state index >= 15 is 0 Å². The van der Waals surface area contributed by atoms with E-state index in [1.807, 2.05) is 25.1 Å². The second-order valence-corrected chi connectivity index (χ2v) is 5.54. The molecule has 0 aliphatic heterocycles. The molecule has 2 aromatic carbocycles. The highest BCUT2D eigenvalue weighted by Gasteiger charge is 2.19. The van der Waals surface area contributed by atoms with Gasteiger partial charge in [0.2, 0.25) is 0 Å². The first kappa shape index (κ1) is 14.4. The molecular weight excluding hydrogens is 331 g/mol. The van der Waals surface area contributed by atoms with E-state index in [0.29, 0.717) is 5.56 Å². The van der Waals surface area contributed by atoms with Gasteiger partial charge in [0.05, 0.1) is 17.0 Å². The van der Waals surface area contributed by atoms with Crippen molar-refractivity contribution in [1.29, 1.82) is 0 Å². The van der Waals surface area contributed by atoms with E-state index in [4.69, 9.17) is 16.3 Å². The zero-order chi connectivity index (χ0) is 14.0. The monoisotopic (exact) mass is 342 g/mol. The van der Waals surface area contributed by atoms with Gasteiger partial charge in [0, 0.05) is 5.56 Å². The Morgan fingerprint density at radius 2 is 1.95 bits per heavy atom. The van der Waals surface area contributed by atoms with Crippen molar-refractivity contribution in [2.45, 2.75) is 11.8 Å². The number of rotatable bonds is 3. The quantitative estimate of drug-likeness (QED) is 0.689. The Hall–Kier alpha value is -1.06. The van der Waals surface area contributed by atoms with E-state index in [0.717, 1.165) is 16.9 Å². The van der Waals surface area contributed by atoms with Crippen LogP contribution in [0.5, 0.6) is 5.75 Å². The predicted molar refractivity (Wildman–Crippen MR) is 79.9 cm³/mol. The van der Waals surface area contributed by atoms with Crippen LogP contribution in [0.2, 0.25) is 5.02 Å². The molecule has 19 heavy (non-hydrogen) atoms. The van der Waals surface area contributed by atoms with Crippen LogP contribution in [0.4, 0.5) is 4.39 Å². The van der Waals surface area contributed by atoms with Crippen LogP contribution in [0.15, 0.2) is 36.4 Å². The summed E-state index contributed by atoms with van der Waals surface area (Å²) in [5.41, 5.74) is 2.72. The molecule has 0 N–H and O–H groups in total. The number of ether oxygens (including phenoxy) is 1. The normalized spacial score (nSPS) is 12.3. The minimum absolute atomic E-state index is 0.132. The lowest BCUT2D eigenvalue weighted by Gasteiger charge is -2.16. The first-order chi connectivity index (χ1) is 9.04. The fraction of sp³-hybridized carbons (Fsp3) is 0.200. The summed E-state index contributed by atoms with van der Waals surface area (Å²) in [4.78, 5) is -0.217. The van der Waals surface area contributed by atoms with E-state index in [2.05, 4.69) is 15.9 Å². The first-order valence-corrected chi connectivity index (χ1v) is 7.06. The fourth-order valence-electron chi connectivity index (χ4n) is 1.94. The maximum atomic E-state index is 13.5. The highest BCUT2D eigenvalue weighted by Crippen LogP contribution is 2.40. The van der Waals surface area contributed by atoms with Gasteiger partial charge in [-0.1, -0.05) is 57.4 Å². The molecule has 0 bridgehead atoms. The van der Waals surface area contributed by atoms with E-state index in [-0.39, 0.29) is 9.85 Å². The Kier molecular flexibility index (Phi) is 4.48. The van der Waals surface area contributed by atoms with Crippen LogP contribution < -0.4 is 4.74 Å². The average molecular weight is 344 g/mol. The highest BCUT2D eigenvalue weighted by molar-refractivity contribution is 9.09. The topological polar surface area (TPSA) is 9.23 Å². The van der Waals surface area contributed by atoms with Crippen molar-refractivity contribution < 1.29 is 9.13 Å². The van der Waals surface area contributed by atoms with Gasteiger partial charge in [0.15, 0.2) is 0 Å². The number of benzene rings is 2. The van der Waals surface area contributed by atoms with Gasteiger partial charge in [0.1, 0.15) is 11.6 Å². The molecule has 0 aromatic heterocycles. The molecule has 0 heterocycles. The molecule has 1 atom stereocenters. The molecule has 0 amide bonds. The van der Waals surface area contributed by atoms with Crippen LogP contribution in [-0.2, 0) is 0 Å². The number of hydrogen-bond donors (Lipinski definition) is 0. The molecule has 2 aromatic rings. The third-order valence-corrected chi connectivity index (χ3v) is 4.30. The smallest absolute Gasteiger partial charge is 0.142 e. The number of hydrogen-bond acceptors (Lipinski definition) is 1. The molecule has 0 saturated carbocycles. The summed E-state index contributed by atoms with van der Waals surface area (Å²) in [6.07, 6.45) is 0. The van der Waals surface area contributed by atoms with Crippen molar-refractivity contribution in [3.05, 3.63) is 63.9 Å². The van der Waals surface area contributed by atoms with E-state index in [1.54, 1.807) is 19.2 Å². The van der Waals surface area contributed by atoms with Gasteiger partial charge in [-0.05, 0) is 24.6 Å². The van der Waals surface area contributed by atoms with Crippen molar-refractivity contribution >= 4 is 27.5 Å². The average Bonchev–Trinajstić information content (AvgIpc) is 2.41. The molecule has 0 aliphatic rings. The second-order valence-electron chi connectivity index (χ2n) is 4.25. The zero-order valence-corrected chi connectivity index (χ0v) is 12.9. The number of methoxy groups -OCH3 is 1. The van der Waals surface area contributed by atoms with E-state index in [1.165, 1.54) is 6.07 Å². The third-order valence-electron chi connectivity index (χ3n) is 2.91. The summed E-state index contributed by atoms with van der Waals surface area (Å²) < 4.78 is 18.9. The van der Waals surface area contributed by atoms with Crippen molar-refractivity contribution in [3.8, 4) is 5.75 Å². The summed E-state index contributed by atoms with van der Waals surface area (Å²) in [6.45, 7) is 2.00. The Balaban J connectivity index is 2.52. The summed E-state index contributed by atoms with van der Waals surface area (Å²) in [6, 6.07) is 10.7. The Labute approximate surface area is 125 Å². The van der Waals surface area contributed by atoms with Crippen molar-refractivity contribution in [2.24, 2.45) is 0 Å². The molecule has 100 valence electrons. The van der Waals surface area contributed by atoms with Crippen LogP contribution >= 0.6 is 27.5 Å². The molecule has 0 fully saturated rings. The predicted octanol–water partition coefficient (Wildman–Crippen LogP) is 5.28. The number of halogens is 3. The molecule has 0 spiro atoms. The van der Waals surface area contributed by atoms with Gasteiger partial charge in [-0.25, -0.2) is 4.39 Å². The largest absolute Gasteiger partial charge is 0.496 e. The van der Waals surface area contributed by atoms with Crippen LogP contribution in [-0.4, -0.2) is 7.11 Å². The van der Waals surface area contributed by atoms with Gasteiger partial charge < -0.3 is 4.74 Å². The number of alkyl halides is 1. The Morgan fingerprint density at radius 3 is 2.63 bits per heavy atom. The second kappa shape index (κ2) is 5.93. The van der Waals surface area contributed by atoms with Crippen molar-refractivity contribution in [1.82, 2.24) is 0 Å². The van der Waals surface area contributed by atoms with Gasteiger partial charge in [-0.3, -0.25) is 0 Å². The first-order valence-electron chi connectivity index (χ1n) is 5.77. The standard InChI is InChI=1S/C15H13BrClFO/c1-9-6-7-13(19-2)11(8-9)14(16)10-4-3-5-12(18)15(10)17/h3-8,14H,1-2H3. The molecular formula is C15H13BrClFO. The molecule has 1 unspecified atom stereocenters. The van der Waals surface area contributed by atoms with Crippen LogP contribution in [0, 0.1) is 12.7 Å². The fourth-order valence-corrected chi connectivity index (χ4v) is 3.04. The summed E-state index contributed by atoms with van der Waals surface area (Å²) in [7, 11) is 1.61. The van der Waals surface area contributed by atoms with Gasteiger partial charge in [0.25, 0.3) is 0 Å². The minimum atomic E-state index is -0.421. The molecule has 0 radical (unpaired) electrons. The van der Waals surface area contributed by atoms with Crippen molar-refractivity contribution in [2.75, 3.05) is 7.11 Å². The molecule has 0 aliphatic carbocycles. The van der Waals surface area contributed by atoms with Gasteiger partial charge in [-0.2, -0.15) is 0 Å². The van der Waals surface area contributed by atoms with Gasteiger partial charge in [-0.15, -0.1) is 0 Å². The summed E-state index contributed by atoms with van der Waals surface area (Å²) >= 11 is 9.60. The Morgan fingerprint density at radius 1 is 1.21 bits per heavy atom. The molecule has 2 rings (SSSR count). The Bertz CT molecular complexity index is 601. The lowest BCUT2D eigenvalue weighted by molar-refractivity contribution is 0.410. The van der Waals surface area contributed by atoms with Gasteiger partial charge >= 0.3 is 0 Å². The lowest BCUT2D eigenvalue weighted by atomic mass is 10.0.